The minimum Gasteiger partial charge on any atom is -0.356 e. The Hall–Kier alpha value is -3.41. The maximum Gasteiger partial charge on any atom is 0.226 e. The molecule has 0 radical (unpaired) electrons. The number of nitrogens with one attached hydrogen (secondary N) is 2. The van der Waals surface area contributed by atoms with Gasteiger partial charge >= 0.3 is 0 Å². The predicted molar refractivity (Wildman–Crippen MR) is 98.3 cm³/mol. The molecule has 6 heteroatoms. The number of para-hydroxylation sites is 1. The summed E-state index contributed by atoms with van der Waals surface area (Å²) in [5.74, 6) is 0.580. The van der Waals surface area contributed by atoms with Crippen molar-refractivity contribution in [2.45, 2.75) is 19.4 Å². The van der Waals surface area contributed by atoms with E-state index in [-0.39, 0.29) is 18.4 Å². The number of fused-ring (bicyclic) bond motifs is 1. The van der Waals surface area contributed by atoms with Crippen LogP contribution in [-0.4, -0.2) is 21.0 Å². The molecule has 130 valence electrons. The van der Waals surface area contributed by atoms with Crippen molar-refractivity contribution < 1.29 is 9.32 Å². The fourth-order valence-electron chi connectivity index (χ4n) is 2.90. The third-order valence-corrected chi connectivity index (χ3v) is 4.25. The van der Waals surface area contributed by atoms with E-state index in [4.69, 9.17) is 4.52 Å². The summed E-state index contributed by atoms with van der Waals surface area (Å²) in [5.41, 5.74) is 3.29. The van der Waals surface area contributed by atoms with Crippen LogP contribution < -0.4 is 5.32 Å². The molecule has 6 nitrogen and oxygen atoms in total. The van der Waals surface area contributed by atoms with Gasteiger partial charge in [0.15, 0.2) is 5.58 Å². The molecule has 0 fully saturated rings. The first-order valence-electron chi connectivity index (χ1n) is 8.43. The quantitative estimate of drug-likeness (QED) is 0.578. The monoisotopic (exact) mass is 346 g/mol. The van der Waals surface area contributed by atoms with Crippen LogP contribution >= 0.6 is 0 Å². The van der Waals surface area contributed by atoms with Crippen LogP contribution in [-0.2, 0) is 11.2 Å². The van der Waals surface area contributed by atoms with Crippen LogP contribution in [0.3, 0.4) is 0 Å². The molecule has 26 heavy (non-hydrogen) atoms. The van der Waals surface area contributed by atoms with Gasteiger partial charge in [-0.15, -0.1) is 0 Å². The predicted octanol–water partition coefficient (Wildman–Crippen LogP) is 3.64. The van der Waals surface area contributed by atoms with Gasteiger partial charge in [0.05, 0.1) is 24.4 Å². The van der Waals surface area contributed by atoms with E-state index in [0.29, 0.717) is 17.1 Å². The van der Waals surface area contributed by atoms with Crippen LogP contribution in [0.1, 0.15) is 24.5 Å². The molecule has 0 aliphatic heterocycles. The third kappa shape index (κ3) is 3.21. The Morgan fingerprint density at radius 1 is 1.15 bits per heavy atom. The molecule has 4 rings (SSSR count). The lowest BCUT2D eigenvalue weighted by Crippen LogP contribution is -2.28. The molecule has 0 saturated heterocycles. The zero-order chi connectivity index (χ0) is 17.9. The van der Waals surface area contributed by atoms with Crippen LogP contribution in [0.2, 0.25) is 0 Å². The Kier molecular flexibility index (Phi) is 4.23. The molecule has 0 bridgehead atoms. The summed E-state index contributed by atoms with van der Waals surface area (Å²) >= 11 is 0. The second-order valence-corrected chi connectivity index (χ2v) is 6.14. The van der Waals surface area contributed by atoms with Crippen LogP contribution in [0.5, 0.6) is 0 Å². The van der Waals surface area contributed by atoms with Crippen LogP contribution in [0.25, 0.3) is 22.2 Å². The summed E-state index contributed by atoms with van der Waals surface area (Å²) in [7, 11) is 0. The average Bonchev–Trinajstić information content (AvgIpc) is 3.30. The van der Waals surface area contributed by atoms with Gasteiger partial charge in [-0.25, -0.2) is 4.98 Å². The molecular weight excluding hydrogens is 328 g/mol. The maximum atomic E-state index is 12.4. The molecule has 0 saturated carbocycles. The minimum atomic E-state index is -0.238. The highest BCUT2D eigenvalue weighted by molar-refractivity contribution is 5.86. The number of aromatic amines is 1. The van der Waals surface area contributed by atoms with Gasteiger partial charge in [0.25, 0.3) is 0 Å². The van der Waals surface area contributed by atoms with E-state index >= 15 is 0 Å². The van der Waals surface area contributed by atoms with Gasteiger partial charge in [-0.05, 0) is 24.6 Å². The number of rotatable bonds is 5. The smallest absolute Gasteiger partial charge is 0.226 e. The van der Waals surface area contributed by atoms with E-state index in [9.17, 15) is 4.79 Å². The van der Waals surface area contributed by atoms with E-state index in [1.54, 1.807) is 6.20 Å². The van der Waals surface area contributed by atoms with Crippen molar-refractivity contribution in [2.24, 2.45) is 0 Å². The number of hydrogen-bond donors (Lipinski definition) is 2. The summed E-state index contributed by atoms with van der Waals surface area (Å²) in [6.07, 6.45) is 1.94. The molecule has 1 atom stereocenters. The molecule has 2 aromatic carbocycles. The SMILES string of the molecule is C[C@@H](NC(=O)Cc1noc2ccccc12)c1ncc(-c2ccccc2)[nH]1. The number of carbonyl (C=O) groups is 1. The highest BCUT2D eigenvalue weighted by atomic mass is 16.5. The highest BCUT2D eigenvalue weighted by Gasteiger charge is 2.16. The third-order valence-electron chi connectivity index (χ3n) is 4.25. The number of aromatic nitrogens is 3. The van der Waals surface area contributed by atoms with Gasteiger partial charge in [0.2, 0.25) is 5.91 Å². The molecular formula is C20H18N4O2. The standard InChI is InChI=1S/C20H18N4O2/c1-13(20-21-12-17(23-20)14-7-3-2-4-8-14)22-19(25)11-16-15-9-5-6-10-18(15)26-24-16/h2-10,12-13H,11H2,1H3,(H,21,23)(H,22,25)/t13-/m1/s1. The number of benzene rings is 2. The first-order chi connectivity index (χ1) is 12.7. The molecule has 4 aromatic rings. The van der Waals surface area contributed by atoms with Crippen molar-refractivity contribution in [2.75, 3.05) is 0 Å². The van der Waals surface area contributed by atoms with Gasteiger partial charge in [0.1, 0.15) is 11.5 Å². The van der Waals surface area contributed by atoms with E-state index < -0.39 is 0 Å². The first kappa shape index (κ1) is 16.1. The Morgan fingerprint density at radius 3 is 2.77 bits per heavy atom. The molecule has 2 N–H and O–H groups in total. The molecule has 2 heterocycles. The molecule has 1 amide bonds. The Balaban J connectivity index is 1.44. The molecule has 0 aliphatic rings. The van der Waals surface area contributed by atoms with Gasteiger partial charge in [-0.1, -0.05) is 47.6 Å². The zero-order valence-electron chi connectivity index (χ0n) is 14.3. The van der Waals surface area contributed by atoms with Gasteiger partial charge in [0, 0.05) is 5.39 Å². The first-order valence-corrected chi connectivity index (χ1v) is 8.43. The van der Waals surface area contributed by atoms with E-state index in [1.807, 2.05) is 61.5 Å². The summed E-state index contributed by atoms with van der Waals surface area (Å²) in [4.78, 5) is 20.0. The van der Waals surface area contributed by atoms with Gasteiger partial charge in [-0.3, -0.25) is 4.79 Å². The largest absolute Gasteiger partial charge is 0.356 e. The van der Waals surface area contributed by atoms with Gasteiger partial charge in [-0.2, -0.15) is 0 Å². The van der Waals surface area contributed by atoms with Crippen molar-refractivity contribution in [3.05, 3.63) is 72.3 Å². The van der Waals surface area contributed by atoms with Crippen molar-refractivity contribution >= 4 is 16.9 Å². The summed E-state index contributed by atoms with van der Waals surface area (Å²) in [5, 5.41) is 7.81. The number of carbonyl (C=O) groups excluding carboxylic acids is 1. The highest BCUT2D eigenvalue weighted by Crippen LogP contribution is 2.20. The maximum absolute atomic E-state index is 12.4. The number of hydrogen-bond acceptors (Lipinski definition) is 4. The lowest BCUT2D eigenvalue weighted by Gasteiger charge is -2.11. The summed E-state index contributed by atoms with van der Waals surface area (Å²) < 4.78 is 5.24. The lowest BCUT2D eigenvalue weighted by molar-refractivity contribution is -0.121. The average molecular weight is 346 g/mol. The van der Waals surface area contributed by atoms with E-state index in [1.165, 1.54) is 0 Å². The molecule has 0 unspecified atom stereocenters. The number of amides is 1. The molecule has 2 aromatic heterocycles. The van der Waals surface area contributed by atoms with E-state index in [0.717, 1.165) is 16.6 Å². The molecule has 0 aliphatic carbocycles. The summed E-state index contributed by atoms with van der Waals surface area (Å²) in [6, 6.07) is 17.2. The minimum absolute atomic E-state index is 0.130. The normalized spacial score (nSPS) is 12.2. The van der Waals surface area contributed by atoms with E-state index in [2.05, 4.69) is 20.4 Å². The van der Waals surface area contributed by atoms with Crippen molar-refractivity contribution in [3.63, 3.8) is 0 Å². The Labute approximate surface area is 150 Å². The van der Waals surface area contributed by atoms with Crippen molar-refractivity contribution in [3.8, 4) is 11.3 Å². The Bertz CT molecular complexity index is 1040. The lowest BCUT2D eigenvalue weighted by atomic mass is 10.1. The topological polar surface area (TPSA) is 83.8 Å². The van der Waals surface area contributed by atoms with Crippen LogP contribution in [0.15, 0.2) is 65.3 Å². The van der Waals surface area contributed by atoms with Gasteiger partial charge < -0.3 is 14.8 Å². The van der Waals surface area contributed by atoms with Crippen LogP contribution in [0, 0.1) is 0 Å². The molecule has 0 spiro atoms. The fraction of sp³-hybridized carbons (Fsp3) is 0.150. The number of imidazole rings is 1. The second-order valence-electron chi connectivity index (χ2n) is 6.14. The zero-order valence-corrected chi connectivity index (χ0v) is 14.3. The van der Waals surface area contributed by atoms with Crippen molar-refractivity contribution in [1.29, 1.82) is 0 Å². The fourth-order valence-corrected chi connectivity index (χ4v) is 2.90. The Morgan fingerprint density at radius 2 is 1.92 bits per heavy atom. The second kappa shape index (κ2) is 6.84. The number of H-pyrrole nitrogens is 1. The summed E-state index contributed by atoms with van der Waals surface area (Å²) in [6.45, 7) is 1.90. The van der Waals surface area contributed by atoms with Crippen LogP contribution in [0.4, 0.5) is 0 Å². The van der Waals surface area contributed by atoms with Crippen molar-refractivity contribution in [1.82, 2.24) is 20.4 Å². The number of nitrogens with zero attached hydrogens (tertiary/aromatic N) is 2.